The molecule has 4 heteroatoms. The van der Waals surface area contributed by atoms with Crippen molar-refractivity contribution in [1.82, 2.24) is 0 Å². The van der Waals surface area contributed by atoms with Crippen molar-refractivity contribution >= 4 is 11.6 Å². The monoisotopic (exact) mass is 208 g/mol. The summed E-state index contributed by atoms with van der Waals surface area (Å²) in [6.07, 6.45) is 0.137. The summed E-state index contributed by atoms with van der Waals surface area (Å²) in [6.45, 7) is 1.43. The van der Waals surface area contributed by atoms with E-state index in [0.717, 1.165) is 6.08 Å². The fourth-order valence-corrected chi connectivity index (χ4v) is 1.27. The highest BCUT2D eigenvalue weighted by Gasteiger charge is 2.34. The van der Waals surface area contributed by atoms with Crippen LogP contribution in [0.3, 0.4) is 0 Å². The molecule has 0 aromatic heterocycles. The number of allylic oxidation sites excluding steroid dienone is 6. The van der Waals surface area contributed by atoms with E-state index in [0.29, 0.717) is 6.42 Å². The summed E-state index contributed by atoms with van der Waals surface area (Å²) in [4.78, 5) is 0. The Kier molecular flexibility index (Phi) is 2.86. The van der Waals surface area contributed by atoms with Gasteiger partial charge >= 0.3 is 6.18 Å². The van der Waals surface area contributed by atoms with Gasteiger partial charge < -0.3 is 0 Å². The summed E-state index contributed by atoms with van der Waals surface area (Å²) in [5, 5.41) is 0.139. The standard InChI is InChI=1S/C9H8ClF3/c1-6-3-2-4-7(10)5-8(6)9(11,12)13/h3-5H,2H2,1H3. The maximum atomic E-state index is 12.4. The van der Waals surface area contributed by atoms with Crippen molar-refractivity contribution < 1.29 is 13.2 Å². The molecule has 0 saturated heterocycles. The number of rotatable bonds is 0. The third-order valence-corrected chi connectivity index (χ3v) is 2.01. The van der Waals surface area contributed by atoms with Gasteiger partial charge in [-0.05, 0) is 25.0 Å². The lowest BCUT2D eigenvalue weighted by molar-refractivity contribution is -0.0893. The van der Waals surface area contributed by atoms with Crippen LogP contribution in [0.5, 0.6) is 0 Å². The van der Waals surface area contributed by atoms with Gasteiger partial charge in [-0.15, -0.1) is 0 Å². The molecule has 0 spiro atoms. The molecular weight excluding hydrogens is 201 g/mol. The minimum atomic E-state index is -4.32. The van der Waals surface area contributed by atoms with Crippen LogP contribution in [0.15, 0.2) is 34.4 Å². The highest BCUT2D eigenvalue weighted by Crippen LogP contribution is 2.34. The molecule has 0 radical (unpaired) electrons. The SMILES string of the molecule is CC1=CCC=C(Cl)C=C1C(F)(F)F. The minimum Gasteiger partial charge on any atom is -0.166 e. The van der Waals surface area contributed by atoms with E-state index in [1.165, 1.54) is 13.0 Å². The zero-order valence-corrected chi connectivity index (χ0v) is 7.71. The van der Waals surface area contributed by atoms with Crippen molar-refractivity contribution in [2.75, 3.05) is 0 Å². The molecule has 0 aromatic rings. The van der Waals surface area contributed by atoms with Gasteiger partial charge in [-0.25, -0.2) is 0 Å². The Morgan fingerprint density at radius 2 is 1.92 bits per heavy atom. The first-order valence-electron chi connectivity index (χ1n) is 3.73. The molecule has 0 saturated carbocycles. The molecule has 1 aliphatic carbocycles. The second-order valence-electron chi connectivity index (χ2n) is 2.77. The van der Waals surface area contributed by atoms with E-state index in [4.69, 9.17) is 11.6 Å². The molecule has 0 unspecified atom stereocenters. The highest BCUT2D eigenvalue weighted by molar-refractivity contribution is 6.31. The van der Waals surface area contributed by atoms with E-state index in [9.17, 15) is 13.2 Å². The van der Waals surface area contributed by atoms with E-state index >= 15 is 0 Å². The summed E-state index contributed by atoms with van der Waals surface area (Å²) in [5.74, 6) is 0. The molecule has 13 heavy (non-hydrogen) atoms. The quantitative estimate of drug-likeness (QED) is 0.566. The van der Waals surface area contributed by atoms with Gasteiger partial charge in [0.15, 0.2) is 0 Å². The van der Waals surface area contributed by atoms with E-state index < -0.39 is 11.7 Å². The van der Waals surface area contributed by atoms with Gasteiger partial charge in [-0.1, -0.05) is 23.8 Å². The van der Waals surface area contributed by atoms with Gasteiger partial charge in [0.1, 0.15) is 0 Å². The number of hydrogen-bond acceptors (Lipinski definition) is 0. The molecule has 1 aliphatic rings. The molecule has 0 aromatic carbocycles. The lowest BCUT2D eigenvalue weighted by atomic mass is 10.1. The first kappa shape index (κ1) is 10.4. The van der Waals surface area contributed by atoms with Crippen molar-refractivity contribution in [3.05, 3.63) is 34.4 Å². The van der Waals surface area contributed by atoms with Crippen LogP contribution in [0.4, 0.5) is 13.2 Å². The third kappa shape index (κ3) is 2.62. The van der Waals surface area contributed by atoms with Gasteiger partial charge in [0.25, 0.3) is 0 Å². The molecule has 0 aliphatic heterocycles. The van der Waals surface area contributed by atoms with Crippen molar-refractivity contribution in [3.8, 4) is 0 Å². The predicted molar refractivity (Wildman–Crippen MR) is 46.4 cm³/mol. The van der Waals surface area contributed by atoms with Gasteiger partial charge in [-0.2, -0.15) is 13.2 Å². The van der Waals surface area contributed by atoms with Crippen LogP contribution in [-0.2, 0) is 0 Å². The van der Waals surface area contributed by atoms with Crippen molar-refractivity contribution in [2.24, 2.45) is 0 Å². The molecule has 1 rings (SSSR count). The average molecular weight is 209 g/mol. The number of halogens is 4. The summed E-state index contributed by atoms with van der Waals surface area (Å²) in [7, 11) is 0. The molecule has 0 N–H and O–H groups in total. The molecule has 0 fully saturated rings. The van der Waals surface area contributed by atoms with Crippen molar-refractivity contribution in [1.29, 1.82) is 0 Å². The van der Waals surface area contributed by atoms with Gasteiger partial charge in [0.05, 0.1) is 5.57 Å². The molecule has 72 valence electrons. The fourth-order valence-electron chi connectivity index (χ4n) is 1.07. The Bertz CT molecular complexity index is 294. The van der Waals surface area contributed by atoms with Crippen LogP contribution in [0.25, 0.3) is 0 Å². The van der Waals surface area contributed by atoms with Gasteiger partial charge in [-0.3, -0.25) is 0 Å². The van der Waals surface area contributed by atoms with Crippen molar-refractivity contribution in [2.45, 2.75) is 19.5 Å². The molecule has 0 amide bonds. The maximum absolute atomic E-state index is 12.4. The lowest BCUT2D eigenvalue weighted by Gasteiger charge is -2.10. The predicted octanol–water partition coefficient (Wildman–Crippen LogP) is 3.95. The van der Waals surface area contributed by atoms with Crippen molar-refractivity contribution in [3.63, 3.8) is 0 Å². The van der Waals surface area contributed by atoms with E-state index in [1.54, 1.807) is 6.08 Å². The van der Waals surface area contributed by atoms with Crippen LogP contribution in [0.1, 0.15) is 13.3 Å². The average Bonchev–Trinajstić information content (AvgIpc) is 2.11. The van der Waals surface area contributed by atoms with Gasteiger partial charge in [0, 0.05) is 5.03 Å². The highest BCUT2D eigenvalue weighted by atomic mass is 35.5. The third-order valence-electron chi connectivity index (χ3n) is 1.75. The summed E-state index contributed by atoms with van der Waals surface area (Å²) in [6, 6.07) is 0. The Balaban J connectivity index is 3.11. The molecule has 0 heterocycles. The van der Waals surface area contributed by atoms with E-state index in [2.05, 4.69) is 0 Å². The maximum Gasteiger partial charge on any atom is 0.416 e. The van der Waals surface area contributed by atoms with Gasteiger partial charge in [0.2, 0.25) is 0 Å². The van der Waals surface area contributed by atoms with E-state index in [1.807, 2.05) is 0 Å². The summed E-state index contributed by atoms with van der Waals surface area (Å²) >= 11 is 5.54. The second-order valence-corrected chi connectivity index (χ2v) is 3.20. The molecular formula is C9H8ClF3. The summed E-state index contributed by atoms with van der Waals surface area (Å²) < 4.78 is 37.1. The van der Waals surface area contributed by atoms with Crippen LogP contribution >= 0.6 is 11.6 Å². The first-order valence-corrected chi connectivity index (χ1v) is 4.11. The lowest BCUT2D eigenvalue weighted by Crippen LogP contribution is -2.12. The fraction of sp³-hybridized carbons (Fsp3) is 0.333. The smallest absolute Gasteiger partial charge is 0.166 e. The number of hydrogen-bond donors (Lipinski definition) is 0. The molecule has 0 nitrogen and oxygen atoms in total. The van der Waals surface area contributed by atoms with Crippen LogP contribution in [0, 0.1) is 0 Å². The second kappa shape index (κ2) is 3.58. The number of alkyl halides is 3. The Morgan fingerprint density at radius 1 is 1.31 bits per heavy atom. The normalized spacial score (nSPS) is 18.7. The van der Waals surface area contributed by atoms with Crippen LogP contribution in [-0.4, -0.2) is 6.18 Å². The molecule has 0 bridgehead atoms. The zero-order chi connectivity index (χ0) is 10.1. The van der Waals surface area contributed by atoms with E-state index in [-0.39, 0.29) is 10.6 Å². The summed E-state index contributed by atoms with van der Waals surface area (Å²) in [5.41, 5.74) is -0.439. The first-order chi connectivity index (χ1) is 5.91. The van der Waals surface area contributed by atoms with Crippen LogP contribution < -0.4 is 0 Å². The topological polar surface area (TPSA) is 0 Å². The minimum absolute atomic E-state index is 0.139. The zero-order valence-electron chi connectivity index (χ0n) is 6.95. The van der Waals surface area contributed by atoms with Crippen LogP contribution in [0.2, 0.25) is 0 Å². The Hall–Kier alpha value is -0.700. The Labute approximate surface area is 79.4 Å². The largest absolute Gasteiger partial charge is 0.416 e. The Morgan fingerprint density at radius 3 is 2.46 bits per heavy atom. The molecule has 0 atom stereocenters.